The summed E-state index contributed by atoms with van der Waals surface area (Å²) in [6.45, 7) is -0.113. The Balaban J connectivity index is 1.72. The van der Waals surface area contributed by atoms with Gasteiger partial charge in [-0.05, 0) is 64.7 Å². The Bertz CT molecular complexity index is 1340. The van der Waals surface area contributed by atoms with Crippen molar-refractivity contribution in [3.8, 4) is 23.0 Å². The van der Waals surface area contributed by atoms with Crippen LogP contribution in [0.25, 0.3) is 21.5 Å². The molecule has 1 saturated heterocycles. The van der Waals surface area contributed by atoms with Gasteiger partial charge in [0.1, 0.15) is 0 Å². The number of ketones is 1. The number of Topliss-reactive ketones (excluding diaryl/α,β-unsaturated/α-hetero) is 1. The minimum Gasteiger partial charge on any atom is -0.493 e. The lowest BCUT2D eigenvalue weighted by Gasteiger charge is -2.25. The maximum absolute atomic E-state index is 13.6. The lowest BCUT2D eigenvalue weighted by Crippen LogP contribution is -2.46. The molecule has 0 spiro atoms. The Morgan fingerprint density at radius 1 is 0.941 bits per heavy atom. The molecule has 0 unspecified atom stereocenters. The summed E-state index contributed by atoms with van der Waals surface area (Å²) in [6.07, 6.45) is -4.60. The Morgan fingerprint density at radius 2 is 1.59 bits per heavy atom. The zero-order valence-electron chi connectivity index (χ0n) is 18.3. The third-order valence-corrected chi connectivity index (χ3v) is 6.27. The van der Waals surface area contributed by atoms with E-state index in [2.05, 4.69) is 0 Å². The lowest BCUT2D eigenvalue weighted by atomic mass is 9.91. The summed E-state index contributed by atoms with van der Waals surface area (Å²) in [5.74, 6) is -0.735. The summed E-state index contributed by atoms with van der Waals surface area (Å²) < 4.78 is 61.2. The molecular formula is C24H20F3NO6. The Kier molecular flexibility index (Phi) is 5.18. The molecule has 3 aromatic carbocycles. The third kappa shape index (κ3) is 3.44. The van der Waals surface area contributed by atoms with E-state index in [1.807, 2.05) is 0 Å². The van der Waals surface area contributed by atoms with Gasteiger partial charge >= 0.3 is 12.1 Å². The largest absolute Gasteiger partial charge is 0.493 e. The highest BCUT2D eigenvalue weighted by Crippen LogP contribution is 2.43. The van der Waals surface area contributed by atoms with Gasteiger partial charge in [-0.15, -0.1) is 0 Å². The van der Waals surface area contributed by atoms with Crippen LogP contribution in [0.4, 0.5) is 13.2 Å². The van der Waals surface area contributed by atoms with Gasteiger partial charge in [0.05, 0.1) is 20.3 Å². The van der Waals surface area contributed by atoms with E-state index >= 15 is 0 Å². The molecule has 0 aromatic heterocycles. The van der Waals surface area contributed by atoms with Crippen LogP contribution >= 0.6 is 0 Å². The highest BCUT2D eigenvalue weighted by Gasteiger charge is 2.48. The Morgan fingerprint density at radius 3 is 2.24 bits per heavy atom. The molecule has 7 nitrogen and oxygen atoms in total. The number of nitrogens with zero attached hydrogens (tertiary/aromatic N) is 1. The number of ether oxygens (including phenoxy) is 4. The highest BCUT2D eigenvalue weighted by atomic mass is 19.4. The van der Waals surface area contributed by atoms with Gasteiger partial charge in [-0.3, -0.25) is 9.59 Å². The summed E-state index contributed by atoms with van der Waals surface area (Å²) >= 11 is 0. The van der Waals surface area contributed by atoms with Crippen LogP contribution in [0.2, 0.25) is 0 Å². The molecule has 3 aromatic rings. The van der Waals surface area contributed by atoms with Crippen molar-refractivity contribution in [3.63, 3.8) is 0 Å². The molecule has 0 bridgehead atoms. The van der Waals surface area contributed by atoms with Crippen molar-refractivity contribution in [1.82, 2.24) is 4.90 Å². The van der Waals surface area contributed by atoms with Gasteiger partial charge in [0.2, 0.25) is 6.79 Å². The van der Waals surface area contributed by atoms with Gasteiger partial charge in [-0.25, -0.2) is 0 Å². The van der Waals surface area contributed by atoms with Gasteiger partial charge in [-0.2, -0.15) is 13.2 Å². The number of hydrogen-bond acceptors (Lipinski definition) is 6. The molecular weight excluding hydrogens is 455 g/mol. The second kappa shape index (κ2) is 7.96. The van der Waals surface area contributed by atoms with Crippen molar-refractivity contribution in [1.29, 1.82) is 0 Å². The van der Waals surface area contributed by atoms with E-state index in [0.29, 0.717) is 50.5 Å². The van der Waals surface area contributed by atoms with Crippen LogP contribution in [-0.2, 0) is 4.79 Å². The maximum Gasteiger partial charge on any atom is 0.471 e. The number of halogens is 3. The number of hydrogen-bond donors (Lipinski definition) is 0. The molecule has 1 atom stereocenters. The average Bonchev–Trinajstić information content (AvgIpc) is 3.49. The topological polar surface area (TPSA) is 74.3 Å². The predicted molar refractivity (Wildman–Crippen MR) is 116 cm³/mol. The van der Waals surface area contributed by atoms with Crippen LogP contribution in [-0.4, -0.2) is 56.4 Å². The van der Waals surface area contributed by atoms with Crippen molar-refractivity contribution in [2.75, 3.05) is 27.6 Å². The standard InChI is InChI=1S/C24H20F3NO6/c1-31-18-7-12-6-16(22(29)17-4-3-5-28(17)23(30)24(25,26)27)15-10-21-20(33-11-34-21)9-14(15)13(12)8-19(18)32-2/h6-10,17H,3-5,11H2,1-2H3/t17-/m0/s1. The molecule has 2 heterocycles. The molecule has 34 heavy (non-hydrogen) atoms. The van der Waals surface area contributed by atoms with E-state index in [0.717, 1.165) is 5.39 Å². The first-order valence-electron chi connectivity index (χ1n) is 10.6. The van der Waals surface area contributed by atoms with Gasteiger partial charge in [-0.1, -0.05) is 0 Å². The third-order valence-electron chi connectivity index (χ3n) is 6.27. The van der Waals surface area contributed by atoms with Crippen LogP contribution in [0.15, 0.2) is 30.3 Å². The van der Waals surface area contributed by atoms with Gasteiger partial charge in [0.15, 0.2) is 28.8 Å². The van der Waals surface area contributed by atoms with Crippen LogP contribution in [0.1, 0.15) is 23.2 Å². The van der Waals surface area contributed by atoms with Crippen LogP contribution in [0.3, 0.4) is 0 Å². The molecule has 5 rings (SSSR count). The minimum absolute atomic E-state index is 0.0144. The van der Waals surface area contributed by atoms with Crippen LogP contribution < -0.4 is 18.9 Å². The second-order valence-electron chi connectivity index (χ2n) is 8.12. The maximum atomic E-state index is 13.6. The van der Waals surface area contributed by atoms with Crippen LogP contribution in [0.5, 0.6) is 23.0 Å². The molecule has 10 heteroatoms. The number of fused-ring (bicyclic) bond motifs is 4. The average molecular weight is 475 g/mol. The molecule has 0 saturated carbocycles. The molecule has 0 aliphatic carbocycles. The molecule has 0 radical (unpaired) electrons. The Labute approximate surface area is 191 Å². The van der Waals surface area contributed by atoms with E-state index in [-0.39, 0.29) is 25.3 Å². The first-order chi connectivity index (χ1) is 16.2. The van der Waals surface area contributed by atoms with E-state index in [1.54, 1.807) is 30.3 Å². The number of rotatable bonds is 4. The van der Waals surface area contributed by atoms with Gasteiger partial charge < -0.3 is 23.8 Å². The number of carbonyl (C=O) groups is 2. The van der Waals surface area contributed by atoms with E-state index in [1.165, 1.54) is 14.2 Å². The van der Waals surface area contributed by atoms with Crippen molar-refractivity contribution in [2.45, 2.75) is 25.1 Å². The summed E-state index contributed by atoms with van der Waals surface area (Å²) in [5.41, 5.74) is 0.194. The first kappa shape index (κ1) is 22.1. The van der Waals surface area contributed by atoms with E-state index in [9.17, 15) is 22.8 Å². The van der Waals surface area contributed by atoms with Crippen molar-refractivity contribution in [2.24, 2.45) is 0 Å². The van der Waals surface area contributed by atoms with Crippen LogP contribution in [0, 0.1) is 0 Å². The zero-order chi connectivity index (χ0) is 24.2. The second-order valence-corrected chi connectivity index (χ2v) is 8.12. The Hall–Kier alpha value is -3.69. The summed E-state index contributed by atoms with van der Waals surface area (Å²) in [7, 11) is 2.98. The predicted octanol–water partition coefficient (Wildman–Crippen LogP) is 4.47. The number of benzene rings is 3. The smallest absolute Gasteiger partial charge is 0.471 e. The fourth-order valence-corrected chi connectivity index (χ4v) is 4.70. The summed E-state index contributed by atoms with van der Waals surface area (Å²) in [5, 5.41) is 2.48. The molecule has 178 valence electrons. The number of likely N-dealkylation sites (tertiary alicyclic amines) is 1. The SMILES string of the molecule is COc1cc2cc(C(=O)[C@@H]3CCCN3C(=O)C(F)(F)F)c3cc4c(cc3c2cc1OC)OCO4. The van der Waals surface area contributed by atoms with Crippen molar-refractivity contribution in [3.05, 3.63) is 35.9 Å². The molecule has 2 aliphatic rings. The monoisotopic (exact) mass is 475 g/mol. The number of alkyl halides is 3. The number of methoxy groups -OCH3 is 2. The van der Waals surface area contributed by atoms with Crippen molar-refractivity contribution < 1.29 is 41.7 Å². The summed E-state index contributed by atoms with van der Waals surface area (Å²) in [6, 6.07) is 7.24. The number of carbonyl (C=O) groups excluding carboxylic acids is 2. The van der Waals surface area contributed by atoms with Gasteiger partial charge in [0, 0.05) is 12.1 Å². The molecule has 0 N–H and O–H groups in total. The molecule has 1 fully saturated rings. The van der Waals surface area contributed by atoms with E-state index < -0.39 is 23.9 Å². The first-order valence-corrected chi connectivity index (χ1v) is 10.6. The fraction of sp³-hybridized carbons (Fsp3) is 0.333. The van der Waals surface area contributed by atoms with E-state index in [4.69, 9.17) is 18.9 Å². The minimum atomic E-state index is -5.05. The lowest BCUT2D eigenvalue weighted by molar-refractivity contribution is -0.185. The fourth-order valence-electron chi connectivity index (χ4n) is 4.70. The highest BCUT2D eigenvalue weighted by molar-refractivity contribution is 6.20. The number of amides is 1. The molecule has 1 amide bonds. The van der Waals surface area contributed by atoms with Gasteiger partial charge in [0.25, 0.3) is 0 Å². The molecule has 2 aliphatic heterocycles. The quantitative estimate of drug-likeness (QED) is 0.409. The van der Waals surface area contributed by atoms with Crippen molar-refractivity contribution >= 4 is 33.2 Å². The zero-order valence-corrected chi connectivity index (χ0v) is 18.3. The summed E-state index contributed by atoms with van der Waals surface area (Å²) in [4.78, 5) is 26.2. The normalized spacial score (nSPS) is 17.4.